The standard InChI is InChI=1S/C10H15ClN2O4S2/c1-2-18(14,15)6-5-13-19(16,17)10-7-8(11)3-4-9(10)12/h3-4,7,13H,2,5-6,12H2,1H3. The molecule has 0 bridgehead atoms. The number of hydrogen-bond donors (Lipinski definition) is 2. The van der Waals surface area contributed by atoms with Crippen molar-refractivity contribution in [2.24, 2.45) is 0 Å². The summed E-state index contributed by atoms with van der Waals surface area (Å²) in [6.45, 7) is 1.29. The minimum absolute atomic E-state index is 0.0337. The van der Waals surface area contributed by atoms with Gasteiger partial charge in [0, 0.05) is 17.3 Å². The van der Waals surface area contributed by atoms with Crippen LogP contribution in [0, 0.1) is 0 Å². The molecule has 0 spiro atoms. The number of rotatable bonds is 6. The molecule has 0 amide bonds. The van der Waals surface area contributed by atoms with E-state index in [4.69, 9.17) is 17.3 Å². The van der Waals surface area contributed by atoms with Gasteiger partial charge in [-0.25, -0.2) is 21.6 Å². The van der Waals surface area contributed by atoms with E-state index in [9.17, 15) is 16.8 Å². The second kappa shape index (κ2) is 6.08. The summed E-state index contributed by atoms with van der Waals surface area (Å²) in [6.07, 6.45) is 0. The third-order valence-corrected chi connectivity index (χ3v) is 5.87. The fourth-order valence-corrected chi connectivity index (χ4v) is 3.55. The maximum Gasteiger partial charge on any atom is 0.242 e. The average molecular weight is 327 g/mol. The first-order valence-corrected chi connectivity index (χ1v) is 9.11. The van der Waals surface area contributed by atoms with Crippen molar-refractivity contribution in [1.82, 2.24) is 4.72 Å². The second-order valence-electron chi connectivity index (χ2n) is 3.82. The van der Waals surface area contributed by atoms with Crippen molar-refractivity contribution in [2.45, 2.75) is 11.8 Å². The molecule has 0 radical (unpaired) electrons. The summed E-state index contributed by atoms with van der Waals surface area (Å²) in [5.41, 5.74) is 5.61. The highest BCUT2D eigenvalue weighted by Gasteiger charge is 2.18. The van der Waals surface area contributed by atoms with Gasteiger partial charge in [0.25, 0.3) is 0 Å². The Morgan fingerprint density at radius 2 is 1.89 bits per heavy atom. The van der Waals surface area contributed by atoms with Gasteiger partial charge in [0.2, 0.25) is 10.0 Å². The lowest BCUT2D eigenvalue weighted by Gasteiger charge is -2.09. The molecule has 19 heavy (non-hydrogen) atoms. The number of benzene rings is 1. The fourth-order valence-electron chi connectivity index (χ4n) is 1.29. The van der Waals surface area contributed by atoms with Crippen molar-refractivity contribution in [3.63, 3.8) is 0 Å². The predicted molar refractivity (Wildman–Crippen MR) is 75.4 cm³/mol. The van der Waals surface area contributed by atoms with Crippen LogP contribution in [0.15, 0.2) is 23.1 Å². The zero-order chi connectivity index (χ0) is 14.7. The molecule has 0 aliphatic rings. The molecule has 1 rings (SSSR count). The van der Waals surface area contributed by atoms with Crippen molar-refractivity contribution in [3.8, 4) is 0 Å². The van der Waals surface area contributed by atoms with Crippen molar-refractivity contribution in [2.75, 3.05) is 23.8 Å². The van der Waals surface area contributed by atoms with Gasteiger partial charge in [-0.05, 0) is 18.2 Å². The molecule has 1 aromatic carbocycles. The van der Waals surface area contributed by atoms with Gasteiger partial charge in [0.1, 0.15) is 4.90 Å². The molecule has 0 saturated carbocycles. The monoisotopic (exact) mass is 326 g/mol. The van der Waals surface area contributed by atoms with E-state index in [1.165, 1.54) is 25.1 Å². The van der Waals surface area contributed by atoms with Crippen molar-refractivity contribution >= 4 is 37.1 Å². The summed E-state index contributed by atoms with van der Waals surface area (Å²) in [5, 5.41) is 0.232. The van der Waals surface area contributed by atoms with E-state index < -0.39 is 19.9 Å². The molecule has 108 valence electrons. The summed E-state index contributed by atoms with van der Waals surface area (Å²) in [5.74, 6) is -0.294. The molecule has 0 atom stereocenters. The van der Waals surface area contributed by atoms with Gasteiger partial charge in [-0.15, -0.1) is 0 Å². The van der Waals surface area contributed by atoms with Crippen LogP contribution >= 0.6 is 11.6 Å². The highest BCUT2D eigenvalue weighted by molar-refractivity contribution is 7.91. The molecule has 0 aliphatic heterocycles. The van der Waals surface area contributed by atoms with E-state index in [1.54, 1.807) is 0 Å². The largest absolute Gasteiger partial charge is 0.398 e. The summed E-state index contributed by atoms with van der Waals surface area (Å²) in [6, 6.07) is 4.06. The van der Waals surface area contributed by atoms with E-state index in [1.807, 2.05) is 0 Å². The van der Waals surface area contributed by atoms with Gasteiger partial charge < -0.3 is 5.73 Å². The van der Waals surface area contributed by atoms with E-state index in [0.29, 0.717) is 0 Å². The number of anilines is 1. The third-order valence-electron chi connectivity index (χ3n) is 2.41. The van der Waals surface area contributed by atoms with Crippen LogP contribution in [-0.2, 0) is 19.9 Å². The van der Waals surface area contributed by atoms with Crippen LogP contribution in [0.3, 0.4) is 0 Å². The number of nitrogens with two attached hydrogens (primary N) is 1. The number of sulfonamides is 1. The van der Waals surface area contributed by atoms with Crippen LogP contribution in [-0.4, -0.2) is 34.9 Å². The smallest absolute Gasteiger partial charge is 0.242 e. The zero-order valence-electron chi connectivity index (χ0n) is 10.3. The average Bonchev–Trinajstić information content (AvgIpc) is 2.31. The Labute approximate surface area is 117 Å². The van der Waals surface area contributed by atoms with Gasteiger partial charge in [-0.1, -0.05) is 18.5 Å². The van der Waals surface area contributed by atoms with Gasteiger partial charge >= 0.3 is 0 Å². The molecule has 0 aliphatic carbocycles. The Kier molecular flexibility index (Phi) is 5.19. The zero-order valence-corrected chi connectivity index (χ0v) is 12.6. The maximum absolute atomic E-state index is 11.9. The van der Waals surface area contributed by atoms with Gasteiger partial charge in [0.05, 0.1) is 11.4 Å². The van der Waals surface area contributed by atoms with E-state index in [-0.39, 0.29) is 33.7 Å². The molecular weight excluding hydrogens is 312 g/mol. The number of hydrogen-bond acceptors (Lipinski definition) is 5. The topological polar surface area (TPSA) is 106 Å². The number of halogens is 1. The lowest BCUT2D eigenvalue weighted by molar-refractivity contribution is 0.581. The molecule has 0 aromatic heterocycles. The lowest BCUT2D eigenvalue weighted by Crippen LogP contribution is -2.30. The van der Waals surface area contributed by atoms with Crippen LogP contribution in [0.5, 0.6) is 0 Å². The van der Waals surface area contributed by atoms with Crippen LogP contribution in [0.25, 0.3) is 0 Å². The number of sulfone groups is 1. The second-order valence-corrected chi connectivity index (χ2v) is 8.46. The molecule has 0 saturated heterocycles. The minimum Gasteiger partial charge on any atom is -0.398 e. The summed E-state index contributed by atoms with van der Waals surface area (Å²) < 4.78 is 48.6. The lowest BCUT2D eigenvalue weighted by atomic mass is 10.3. The quantitative estimate of drug-likeness (QED) is 0.746. The highest BCUT2D eigenvalue weighted by Crippen LogP contribution is 2.22. The SMILES string of the molecule is CCS(=O)(=O)CCNS(=O)(=O)c1cc(Cl)ccc1N. The van der Waals surface area contributed by atoms with Crippen molar-refractivity contribution < 1.29 is 16.8 Å². The predicted octanol–water partition coefficient (Wildman–Crippen LogP) is 0.635. The molecule has 9 heteroatoms. The Bertz CT molecular complexity index is 656. The Morgan fingerprint density at radius 1 is 1.26 bits per heavy atom. The molecule has 1 aromatic rings. The summed E-state index contributed by atoms with van der Waals surface area (Å²) in [4.78, 5) is -0.158. The van der Waals surface area contributed by atoms with Crippen LogP contribution in [0.1, 0.15) is 6.92 Å². The van der Waals surface area contributed by atoms with Gasteiger partial charge in [-0.2, -0.15) is 0 Å². The fraction of sp³-hybridized carbons (Fsp3) is 0.400. The van der Waals surface area contributed by atoms with Gasteiger partial charge in [0.15, 0.2) is 9.84 Å². The van der Waals surface area contributed by atoms with E-state index >= 15 is 0 Å². The first-order chi connectivity index (χ1) is 8.68. The molecule has 6 nitrogen and oxygen atoms in total. The molecule has 3 N–H and O–H groups in total. The Hall–Kier alpha value is -0.830. The van der Waals surface area contributed by atoms with Crippen molar-refractivity contribution in [3.05, 3.63) is 23.2 Å². The van der Waals surface area contributed by atoms with Crippen LogP contribution < -0.4 is 10.5 Å². The van der Waals surface area contributed by atoms with Crippen molar-refractivity contribution in [1.29, 1.82) is 0 Å². The van der Waals surface area contributed by atoms with E-state index in [0.717, 1.165) is 0 Å². The molecule has 0 unspecified atom stereocenters. The highest BCUT2D eigenvalue weighted by atomic mass is 35.5. The van der Waals surface area contributed by atoms with E-state index in [2.05, 4.69) is 4.72 Å². The normalized spacial score (nSPS) is 12.5. The third kappa shape index (κ3) is 4.64. The first-order valence-electron chi connectivity index (χ1n) is 5.43. The maximum atomic E-state index is 11.9. The number of nitrogens with one attached hydrogen (secondary N) is 1. The van der Waals surface area contributed by atoms with Crippen LogP contribution in [0.4, 0.5) is 5.69 Å². The first kappa shape index (κ1) is 16.2. The Morgan fingerprint density at radius 3 is 2.47 bits per heavy atom. The minimum atomic E-state index is -3.87. The molecule has 0 fully saturated rings. The Balaban J connectivity index is 2.85. The van der Waals surface area contributed by atoms with Crippen LogP contribution in [0.2, 0.25) is 5.02 Å². The van der Waals surface area contributed by atoms with Gasteiger partial charge in [-0.3, -0.25) is 0 Å². The number of nitrogen functional groups attached to an aromatic ring is 1. The summed E-state index contributed by atoms with van der Waals surface area (Å²) in [7, 11) is -7.09. The summed E-state index contributed by atoms with van der Waals surface area (Å²) >= 11 is 5.71. The molecular formula is C10H15ClN2O4S2. The molecule has 0 heterocycles.